The Bertz CT molecular complexity index is 744. The Labute approximate surface area is 147 Å². The van der Waals surface area contributed by atoms with E-state index in [0.717, 1.165) is 35.7 Å². The van der Waals surface area contributed by atoms with E-state index in [9.17, 15) is 4.79 Å². The van der Waals surface area contributed by atoms with Gasteiger partial charge >= 0.3 is 6.03 Å². The summed E-state index contributed by atoms with van der Waals surface area (Å²) in [4.78, 5) is 23.0. The summed E-state index contributed by atoms with van der Waals surface area (Å²) in [5.74, 6) is 1.45. The second kappa shape index (κ2) is 7.94. The molecule has 3 rings (SSSR count). The summed E-state index contributed by atoms with van der Waals surface area (Å²) in [5, 5.41) is 5.67. The lowest BCUT2D eigenvalue weighted by atomic mass is 10.1. The van der Waals surface area contributed by atoms with Crippen molar-refractivity contribution in [2.75, 3.05) is 36.5 Å². The number of amides is 2. The minimum Gasteiger partial charge on any atom is -0.378 e. The van der Waals surface area contributed by atoms with Crippen LogP contribution in [0.3, 0.4) is 0 Å². The number of anilines is 2. The van der Waals surface area contributed by atoms with Crippen LogP contribution in [0.15, 0.2) is 30.5 Å². The number of hydrogen-bond acceptors (Lipinski definition) is 5. The first-order chi connectivity index (χ1) is 12.1. The highest BCUT2D eigenvalue weighted by molar-refractivity contribution is 5.90. The zero-order valence-corrected chi connectivity index (χ0v) is 14.6. The molecule has 1 saturated heterocycles. The van der Waals surface area contributed by atoms with Crippen LogP contribution in [-0.4, -0.2) is 42.3 Å². The van der Waals surface area contributed by atoms with Crippen molar-refractivity contribution in [2.24, 2.45) is 0 Å². The number of morpholine rings is 1. The van der Waals surface area contributed by atoms with E-state index in [1.807, 2.05) is 38.1 Å². The Kier molecular flexibility index (Phi) is 5.45. The van der Waals surface area contributed by atoms with E-state index >= 15 is 0 Å². The zero-order chi connectivity index (χ0) is 17.6. The molecule has 2 N–H and O–H groups in total. The van der Waals surface area contributed by atoms with Crippen LogP contribution < -0.4 is 15.5 Å². The molecule has 0 radical (unpaired) electrons. The molecule has 0 bridgehead atoms. The molecule has 0 spiro atoms. The first-order valence-corrected chi connectivity index (χ1v) is 8.39. The number of hydrogen-bond donors (Lipinski definition) is 2. The number of aryl methyl sites for hydroxylation is 1. The van der Waals surface area contributed by atoms with Gasteiger partial charge in [-0.05, 0) is 37.1 Å². The van der Waals surface area contributed by atoms with Gasteiger partial charge < -0.3 is 20.3 Å². The largest absolute Gasteiger partial charge is 0.378 e. The van der Waals surface area contributed by atoms with Gasteiger partial charge in [0.2, 0.25) is 0 Å². The number of carbonyl (C=O) groups excluding carboxylic acids is 1. The number of benzene rings is 1. The van der Waals surface area contributed by atoms with Crippen molar-refractivity contribution in [2.45, 2.75) is 20.4 Å². The highest BCUT2D eigenvalue weighted by Crippen LogP contribution is 2.17. The highest BCUT2D eigenvalue weighted by atomic mass is 16.5. The Morgan fingerprint density at radius 3 is 2.84 bits per heavy atom. The minimum absolute atomic E-state index is 0.269. The summed E-state index contributed by atoms with van der Waals surface area (Å²) in [5.41, 5.74) is 3.00. The predicted molar refractivity (Wildman–Crippen MR) is 96.8 cm³/mol. The van der Waals surface area contributed by atoms with E-state index in [1.165, 1.54) is 0 Å². The first-order valence-electron chi connectivity index (χ1n) is 8.39. The fraction of sp³-hybridized carbons (Fsp3) is 0.389. The molecule has 7 heteroatoms. The fourth-order valence-corrected chi connectivity index (χ4v) is 2.65. The first kappa shape index (κ1) is 17.2. The zero-order valence-electron chi connectivity index (χ0n) is 14.6. The molecular formula is C18H23N5O2. The molecule has 0 unspecified atom stereocenters. The standard InChI is InChI=1S/C18H23N5O2/c1-13-4-3-5-15(14(13)2)21-18(24)20-12-16-19-7-6-17(22-16)23-8-10-25-11-9-23/h3-7H,8-12H2,1-2H3,(H2,20,21,24). The molecule has 2 aromatic rings. The molecule has 1 aliphatic rings. The highest BCUT2D eigenvalue weighted by Gasteiger charge is 2.13. The maximum atomic E-state index is 12.1. The fourth-order valence-electron chi connectivity index (χ4n) is 2.65. The van der Waals surface area contributed by atoms with E-state index < -0.39 is 0 Å². The Morgan fingerprint density at radius 2 is 2.04 bits per heavy atom. The number of urea groups is 1. The number of aromatic nitrogens is 2. The lowest BCUT2D eigenvalue weighted by Gasteiger charge is -2.27. The lowest BCUT2D eigenvalue weighted by molar-refractivity contribution is 0.122. The van der Waals surface area contributed by atoms with Crippen LogP contribution in [0.2, 0.25) is 0 Å². The van der Waals surface area contributed by atoms with Crippen molar-refractivity contribution in [1.29, 1.82) is 0 Å². The van der Waals surface area contributed by atoms with Gasteiger partial charge in [-0.15, -0.1) is 0 Å². The van der Waals surface area contributed by atoms with Gasteiger partial charge in [0.15, 0.2) is 0 Å². The quantitative estimate of drug-likeness (QED) is 0.892. The molecule has 1 aromatic carbocycles. The van der Waals surface area contributed by atoms with E-state index in [4.69, 9.17) is 4.74 Å². The van der Waals surface area contributed by atoms with Gasteiger partial charge in [0.05, 0.1) is 19.8 Å². The molecule has 7 nitrogen and oxygen atoms in total. The predicted octanol–water partition coefficient (Wildman–Crippen LogP) is 2.25. The Morgan fingerprint density at radius 1 is 1.24 bits per heavy atom. The molecule has 25 heavy (non-hydrogen) atoms. The number of nitrogens with zero attached hydrogens (tertiary/aromatic N) is 3. The van der Waals surface area contributed by atoms with Crippen molar-refractivity contribution in [3.8, 4) is 0 Å². The van der Waals surface area contributed by atoms with Crippen LogP contribution in [0.25, 0.3) is 0 Å². The second-order valence-corrected chi connectivity index (χ2v) is 5.99. The molecule has 132 valence electrons. The second-order valence-electron chi connectivity index (χ2n) is 5.99. The van der Waals surface area contributed by atoms with Crippen LogP contribution in [0.4, 0.5) is 16.3 Å². The average molecular weight is 341 g/mol. The lowest BCUT2D eigenvalue weighted by Crippen LogP contribution is -2.37. The van der Waals surface area contributed by atoms with Crippen molar-refractivity contribution in [1.82, 2.24) is 15.3 Å². The molecule has 1 aliphatic heterocycles. The summed E-state index contributed by atoms with van der Waals surface area (Å²) >= 11 is 0. The van der Waals surface area contributed by atoms with Crippen molar-refractivity contribution in [3.63, 3.8) is 0 Å². The van der Waals surface area contributed by atoms with Gasteiger partial charge in [0.25, 0.3) is 0 Å². The summed E-state index contributed by atoms with van der Waals surface area (Å²) < 4.78 is 5.35. The molecule has 0 saturated carbocycles. The SMILES string of the molecule is Cc1cccc(NC(=O)NCc2nccc(N3CCOCC3)n2)c1C. The maximum Gasteiger partial charge on any atom is 0.319 e. The molecule has 0 atom stereocenters. The third-order valence-electron chi connectivity index (χ3n) is 4.29. The normalized spacial score (nSPS) is 14.2. The molecule has 1 fully saturated rings. The van der Waals surface area contributed by atoms with E-state index in [-0.39, 0.29) is 12.6 Å². The van der Waals surface area contributed by atoms with Gasteiger partial charge in [0.1, 0.15) is 11.6 Å². The molecule has 2 amide bonds. The third kappa shape index (κ3) is 4.45. The van der Waals surface area contributed by atoms with Gasteiger partial charge in [0, 0.05) is 25.0 Å². The summed E-state index contributed by atoms with van der Waals surface area (Å²) in [6, 6.07) is 7.44. The summed E-state index contributed by atoms with van der Waals surface area (Å²) in [6.45, 7) is 7.32. The van der Waals surface area contributed by atoms with Crippen LogP contribution in [0.1, 0.15) is 17.0 Å². The van der Waals surface area contributed by atoms with E-state index in [2.05, 4.69) is 25.5 Å². The van der Waals surface area contributed by atoms with Crippen LogP contribution in [-0.2, 0) is 11.3 Å². The van der Waals surface area contributed by atoms with Crippen molar-refractivity contribution in [3.05, 3.63) is 47.4 Å². The topological polar surface area (TPSA) is 79.4 Å². The third-order valence-corrected chi connectivity index (χ3v) is 4.29. The van der Waals surface area contributed by atoms with E-state index in [0.29, 0.717) is 19.0 Å². The monoisotopic (exact) mass is 341 g/mol. The Balaban J connectivity index is 1.57. The molecule has 1 aromatic heterocycles. The van der Waals surface area contributed by atoms with Gasteiger partial charge in [-0.25, -0.2) is 14.8 Å². The number of rotatable bonds is 4. The number of carbonyl (C=O) groups is 1. The van der Waals surface area contributed by atoms with Crippen LogP contribution >= 0.6 is 0 Å². The molecular weight excluding hydrogens is 318 g/mol. The van der Waals surface area contributed by atoms with Gasteiger partial charge in [-0.1, -0.05) is 12.1 Å². The van der Waals surface area contributed by atoms with Gasteiger partial charge in [-0.3, -0.25) is 0 Å². The number of ether oxygens (including phenoxy) is 1. The average Bonchev–Trinajstić information content (AvgIpc) is 2.65. The van der Waals surface area contributed by atoms with Gasteiger partial charge in [-0.2, -0.15) is 0 Å². The summed E-state index contributed by atoms with van der Waals surface area (Å²) in [7, 11) is 0. The van der Waals surface area contributed by atoms with Crippen LogP contribution in [0.5, 0.6) is 0 Å². The van der Waals surface area contributed by atoms with Crippen molar-refractivity contribution < 1.29 is 9.53 Å². The van der Waals surface area contributed by atoms with Crippen molar-refractivity contribution >= 4 is 17.5 Å². The smallest absolute Gasteiger partial charge is 0.319 e. The molecule has 0 aliphatic carbocycles. The number of nitrogens with one attached hydrogen (secondary N) is 2. The Hall–Kier alpha value is -2.67. The molecule has 2 heterocycles. The van der Waals surface area contributed by atoms with Crippen LogP contribution in [0, 0.1) is 13.8 Å². The summed E-state index contributed by atoms with van der Waals surface area (Å²) in [6.07, 6.45) is 1.72. The minimum atomic E-state index is -0.269. The maximum absolute atomic E-state index is 12.1. The van der Waals surface area contributed by atoms with E-state index in [1.54, 1.807) is 6.20 Å².